The second kappa shape index (κ2) is 11.1. The average molecular weight is 468 g/mol. The number of nitrogens with two attached hydrogens (primary N) is 2. The summed E-state index contributed by atoms with van der Waals surface area (Å²) in [5.74, 6) is -0.686. The Hall–Kier alpha value is -3.97. The standard InChI is InChI=1S/C23H25N4O5P/c1-2-30-23(28)27-21(17-13-15-18(16-14-17)26-22(24)25)33(29,31-19-9-5-3-6-10-19)32-20-11-7-4-8-12-20/h3-16,21H,2H2,1H3,(H,27,28)(H4,24,25,26). The highest BCUT2D eigenvalue weighted by atomic mass is 31.2. The van der Waals surface area contributed by atoms with E-state index in [0.717, 1.165) is 0 Å². The highest BCUT2D eigenvalue weighted by molar-refractivity contribution is 7.55. The predicted octanol–water partition coefficient (Wildman–Crippen LogP) is 4.69. The fourth-order valence-electron chi connectivity index (χ4n) is 2.89. The van der Waals surface area contributed by atoms with Gasteiger partial charge in [-0.05, 0) is 48.9 Å². The molecule has 0 saturated heterocycles. The summed E-state index contributed by atoms with van der Waals surface area (Å²) >= 11 is 0. The lowest BCUT2D eigenvalue weighted by atomic mass is 10.2. The molecular formula is C23H25N4O5P. The van der Waals surface area contributed by atoms with Gasteiger partial charge in [0.05, 0.1) is 12.3 Å². The van der Waals surface area contributed by atoms with Gasteiger partial charge in [0.15, 0.2) is 11.7 Å². The van der Waals surface area contributed by atoms with Crippen LogP contribution in [0.1, 0.15) is 18.3 Å². The van der Waals surface area contributed by atoms with Crippen molar-refractivity contribution in [1.82, 2.24) is 5.32 Å². The van der Waals surface area contributed by atoms with E-state index in [0.29, 0.717) is 22.7 Å². The fourth-order valence-corrected chi connectivity index (χ4v) is 4.77. The van der Waals surface area contributed by atoms with Gasteiger partial charge in [0.2, 0.25) is 0 Å². The first-order chi connectivity index (χ1) is 15.9. The van der Waals surface area contributed by atoms with Crippen LogP contribution in [0, 0.1) is 0 Å². The third-order valence-electron chi connectivity index (χ3n) is 4.26. The van der Waals surface area contributed by atoms with Gasteiger partial charge in [0.25, 0.3) is 0 Å². The third-order valence-corrected chi connectivity index (χ3v) is 6.26. The molecule has 10 heteroatoms. The van der Waals surface area contributed by atoms with Gasteiger partial charge in [-0.3, -0.25) is 0 Å². The van der Waals surface area contributed by atoms with Crippen LogP contribution in [-0.4, -0.2) is 18.7 Å². The van der Waals surface area contributed by atoms with Crippen LogP contribution in [0.15, 0.2) is 89.9 Å². The van der Waals surface area contributed by atoms with E-state index in [-0.39, 0.29) is 12.6 Å². The number of nitrogens with zero attached hydrogens (tertiary/aromatic N) is 1. The Kier molecular flexibility index (Phi) is 7.94. The molecule has 0 fully saturated rings. The lowest BCUT2D eigenvalue weighted by Crippen LogP contribution is -2.31. The van der Waals surface area contributed by atoms with Gasteiger partial charge in [-0.15, -0.1) is 0 Å². The molecule has 3 rings (SSSR count). The highest BCUT2D eigenvalue weighted by Crippen LogP contribution is 2.59. The van der Waals surface area contributed by atoms with Crippen LogP contribution in [0.3, 0.4) is 0 Å². The number of rotatable bonds is 9. The van der Waals surface area contributed by atoms with Gasteiger partial charge in [-0.25, -0.2) is 14.4 Å². The number of para-hydroxylation sites is 2. The molecule has 1 unspecified atom stereocenters. The normalized spacial score (nSPS) is 11.7. The van der Waals surface area contributed by atoms with E-state index in [1.807, 2.05) is 0 Å². The molecule has 0 aliphatic rings. The molecule has 0 bridgehead atoms. The van der Waals surface area contributed by atoms with E-state index < -0.39 is 19.5 Å². The minimum absolute atomic E-state index is 0.102. The topological polar surface area (TPSA) is 138 Å². The van der Waals surface area contributed by atoms with Gasteiger partial charge in [0, 0.05) is 0 Å². The fraction of sp³-hybridized carbons (Fsp3) is 0.130. The molecule has 1 atom stereocenters. The number of hydrogen-bond donors (Lipinski definition) is 3. The number of carbonyl (C=O) groups excluding carboxylic acids is 1. The van der Waals surface area contributed by atoms with Gasteiger partial charge in [0.1, 0.15) is 11.5 Å². The summed E-state index contributed by atoms with van der Waals surface area (Å²) in [5, 5.41) is 2.62. The number of benzene rings is 3. The van der Waals surface area contributed by atoms with Crippen LogP contribution in [0.5, 0.6) is 11.5 Å². The molecule has 0 aliphatic carbocycles. The summed E-state index contributed by atoms with van der Waals surface area (Å²) in [6.07, 6.45) is -0.774. The molecule has 0 saturated carbocycles. The number of hydrogen-bond acceptors (Lipinski definition) is 6. The van der Waals surface area contributed by atoms with Gasteiger partial charge >= 0.3 is 13.7 Å². The molecule has 1 amide bonds. The molecule has 9 nitrogen and oxygen atoms in total. The number of ether oxygens (including phenoxy) is 1. The maximum atomic E-state index is 14.3. The van der Waals surface area contributed by atoms with E-state index >= 15 is 0 Å². The molecule has 0 spiro atoms. The zero-order valence-electron chi connectivity index (χ0n) is 18.0. The molecule has 3 aromatic rings. The summed E-state index contributed by atoms with van der Waals surface area (Å²) in [4.78, 5) is 16.3. The van der Waals surface area contributed by atoms with Gasteiger partial charge in [-0.1, -0.05) is 48.5 Å². The second-order valence-corrected chi connectivity index (χ2v) is 8.71. The lowest BCUT2D eigenvalue weighted by molar-refractivity contribution is 0.149. The third kappa shape index (κ3) is 6.75. The van der Waals surface area contributed by atoms with Crippen molar-refractivity contribution in [2.24, 2.45) is 16.5 Å². The van der Waals surface area contributed by atoms with Crippen molar-refractivity contribution in [2.45, 2.75) is 12.7 Å². The number of amides is 1. The summed E-state index contributed by atoms with van der Waals surface area (Å²) < 4.78 is 31.1. The molecule has 0 heterocycles. The van der Waals surface area contributed by atoms with Crippen molar-refractivity contribution >= 4 is 25.3 Å². The van der Waals surface area contributed by atoms with Crippen molar-refractivity contribution in [3.05, 3.63) is 90.5 Å². The number of nitrogens with one attached hydrogen (secondary N) is 1. The van der Waals surface area contributed by atoms with Crippen LogP contribution in [0.2, 0.25) is 0 Å². The molecule has 5 N–H and O–H groups in total. The van der Waals surface area contributed by atoms with Gasteiger partial charge < -0.3 is 30.6 Å². The predicted molar refractivity (Wildman–Crippen MR) is 127 cm³/mol. The van der Waals surface area contributed by atoms with E-state index in [1.165, 1.54) is 0 Å². The number of aliphatic imine (C=N–C) groups is 1. The summed E-state index contributed by atoms with van der Waals surface area (Å²) in [7, 11) is -4.11. The van der Waals surface area contributed by atoms with Crippen LogP contribution < -0.4 is 25.8 Å². The minimum Gasteiger partial charge on any atom is -0.450 e. The van der Waals surface area contributed by atoms with Gasteiger partial charge in [-0.2, -0.15) is 0 Å². The highest BCUT2D eigenvalue weighted by Gasteiger charge is 2.42. The number of guanidine groups is 1. The zero-order valence-corrected chi connectivity index (χ0v) is 18.9. The SMILES string of the molecule is CCOC(=O)NC(c1ccc(N=C(N)N)cc1)P(=O)(Oc1ccccc1)Oc1ccccc1. The average Bonchev–Trinajstić information content (AvgIpc) is 2.79. The Morgan fingerprint density at radius 2 is 1.42 bits per heavy atom. The second-order valence-electron chi connectivity index (χ2n) is 6.74. The van der Waals surface area contributed by atoms with Crippen LogP contribution in [-0.2, 0) is 9.30 Å². The van der Waals surface area contributed by atoms with E-state index in [1.54, 1.807) is 91.9 Å². The molecule has 0 radical (unpaired) electrons. The summed E-state index contributed by atoms with van der Waals surface area (Å²) in [6, 6.07) is 23.6. The Labute approximate surface area is 191 Å². The maximum absolute atomic E-state index is 14.3. The Morgan fingerprint density at radius 3 is 1.88 bits per heavy atom. The lowest BCUT2D eigenvalue weighted by Gasteiger charge is -2.28. The Morgan fingerprint density at radius 1 is 0.909 bits per heavy atom. The van der Waals surface area contributed by atoms with Crippen molar-refractivity contribution in [3.8, 4) is 11.5 Å². The van der Waals surface area contributed by atoms with E-state index in [9.17, 15) is 9.36 Å². The molecule has 0 aliphatic heterocycles. The van der Waals surface area contributed by atoms with Crippen molar-refractivity contribution in [2.75, 3.05) is 6.61 Å². The van der Waals surface area contributed by atoms with Crippen LogP contribution >= 0.6 is 7.60 Å². The first kappa shape index (κ1) is 23.7. The van der Waals surface area contributed by atoms with Crippen LogP contribution in [0.4, 0.5) is 10.5 Å². The largest absolute Gasteiger partial charge is 0.457 e. The maximum Gasteiger partial charge on any atom is 0.457 e. The van der Waals surface area contributed by atoms with Crippen molar-refractivity contribution in [3.63, 3.8) is 0 Å². The first-order valence-corrected chi connectivity index (χ1v) is 11.7. The number of alkyl carbamates (subject to hydrolysis) is 1. The smallest absolute Gasteiger partial charge is 0.450 e. The summed E-state index contributed by atoms with van der Waals surface area (Å²) in [5.41, 5.74) is 11.8. The quantitative estimate of drug-likeness (QED) is 0.235. The zero-order chi connectivity index (χ0) is 23.7. The van der Waals surface area contributed by atoms with E-state index in [2.05, 4.69) is 10.3 Å². The minimum atomic E-state index is -4.11. The Balaban J connectivity index is 2.06. The van der Waals surface area contributed by atoms with Crippen LogP contribution in [0.25, 0.3) is 0 Å². The Bertz CT molecular complexity index is 1080. The molecule has 172 valence electrons. The monoisotopic (exact) mass is 468 g/mol. The molecular weight excluding hydrogens is 443 g/mol. The molecule has 33 heavy (non-hydrogen) atoms. The van der Waals surface area contributed by atoms with E-state index in [4.69, 9.17) is 25.3 Å². The van der Waals surface area contributed by atoms with Crippen molar-refractivity contribution < 1.29 is 23.1 Å². The first-order valence-electron chi connectivity index (χ1n) is 10.1. The molecule has 3 aromatic carbocycles. The van der Waals surface area contributed by atoms with Crippen molar-refractivity contribution in [1.29, 1.82) is 0 Å². The summed E-state index contributed by atoms with van der Waals surface area (Å²) in [6.45, 7) is 1.80. The number of carbonyl (C=O) groups is 1. The molecule has 0 aromatic heterocycles.